The van der Waals surface area contributed by atoms with Crippen molar-refractivity contribution in [1.82, 2.24) is 0 Å². The van der Waals surface area contributed by atoms with Crippen LogP contribution in [0.5, 0.6) is 0 Å². The number of sulfonamides is 1. The summed E-state index contributed by atoms with van der Waals surface area (Å²) in [6.07, 6.45) is 0. The molecule has 0 aromatic heterocycles. The number of benzene rings is 2. The van der Waals surface area contributed by atoms with Crippen molar-refractivity contribution in [3.63, 3.8) is 0 Å². The van der Waals surface area contributed by atoms with Crippen molar-refractivity contribution in [3.05, 3.63) is 60.7 Å². The number of nitrogens with zero attached hydrogens (tertiary/aromatic N) is 1. The maximum absolute atomic E-state index is 12.3. The summed E-state index contributed by atoms with van der Waals surface area (Å²) in [5, 5.41) is 0. The number of para-hydroxylation sites is 1. The van der Waals surface area contributed by atoms with Crippen molar-refractivity contribution in [2.45, 2.75) is 4.90 Å². The van der Waals surface area contributed by atoms with Crippen molar-refractivity contribution < 1.29 is 46.7 Å². The summed E-state index contributed by atoms with van der Waals surface area (Å²) >= 11 is -2.93. The average Bonchev–Trinajstić information content (AvgIpc) is 2.40. The molecule has 1 atom stereocenters. The predicted molar refractivity (Wildman–Crippen MR) is 71.5 cm³/mol. The van der Waals surface area contributed by atoms with Crippen LogP contribution in [-0.2, 0) is 21.3 Å². The smallest absolute Gasteiger partial charge is 0.754 e. The van der Waals surface area contributed by atoms with E-state index in [1.165, 1.54) is 36.4 Å². The molecule has 2 aromatic rings. The molecule has 0 amide bonds. The van der Waals surface area contributed by atoms with Gasteiger partial charge in [-0.1, -0.05) is 36.4 Å². The zero-order chi connectivity index (χ0) is 13.9. The third kappa shape index (κ3) is 3.69. The maximum Gasteiger partial charge on any atom is 1.00 e. The van der Waals surface area contributed by atoms with Crippen molar-refractivity contribution in [2.24, 2.45) is 0 Å². The molecule has 0 saturated carbocycles. The van der Waals surface area contributed by atoms with E-state index in [0.29, 0.717) is 3.71 Å². The fourth-order valence-electron chi connectivity index (χ4n) is 1.54. The van der Waals surface area contributed by atoms with E-state index >= 15 is 0 Å². The van der Waals surface area contributed by atoms with E-state index in [1.54, 1.807) is 24.3 Å². The Morgan fingerprint density at radius 2 is 1.35 bits per heavy atom. The number of hydrogen-bond acceptors (Lipinski definition) is 4. The van der Waals surface area contributed by atoms with Gasteiger partial charge in [0.25, 0.3) is 10.0 Å². The molecule has 0 radical (unpaired) electrons. The molecule has 0 aliphatic carbocycles. The van der Waals surface area contributed by atoms with Gasteiger partial charge in [0.15, 0.2) is 0 Å². The second-order valence-electron chi connectivity index (χ2n) is 3.60. The predicted octanol–water partition coefficient (Wildman–Crippen LogP) is -1.32. The second kappa shape index (κ2) is 7.35. The Morgan fingerprint density at radius 3 is 1.80 bits per heavy atom. The van der Waals surface area contributed by atoms with Gasteiger partial charge in [0, 0.05) is 0 Å². The van der Waals surface area contributed by atoms with Crippen molar-refractivity contribution in [2.75, 3.05) is 3.71 Å². The van der Waals surface area contributed by atoms with E-state index in [-0.39, 0.29) is 40.1 Å². The Hall–Kier alpha value is -0.700. The van der Waals surface area contributed by atoms with Gasteiger partial charge in [0.1, 0.15) is 0 Å². The van der Waals surface area contributed by atoms with Crippen molar-refractivity contribution >= 4 is 27.0 Å². The molecule has 100 valence electrons. The monoisotopic (exact) mass is 319 g/mol. The fraction of sp³-hybridized carbons (Fsp3) is 0. The van der Waals surface area contributed by atoms with Gasteiger partial charge in [-0.05, 0) is 24.3 Å². The van der Waals surface area contributed by atoms with Gasteiger partial charge in [-0.2, -0.15) is 3.71 Å². The van der Waals surface area contributed by atoms with Crippen LogP contribution in [0.25, 0.3) is 0 Å². The Balaban J connectivity index is 0.00000200. The van der Waals surface area contributed by atoms with E-state index < -0.39 is 21.3 Å². The van der Waals surface area contributed by atoms with E-state index in [2.05, 4.69) is 0 Å². The van der Waals surface area contributed by atoms with Crippen LogP contribution in [0.1, 0.15) is 0 Å². The molecule has 0 saturated heterocycles. The zero-order valence-electron chi connectivity index (χ0n) is 10.7. The van der Waals surface area contributed by atoms with Gasteiger partial charge >= 0.3 is 29.6 Å². The number of hydrogen-bond donors (Lipinski definition) is 0. The summed E-state index contributed by atoms with van der Waals surface area (Å²) < 4.78 is 47.5. The summed E-state index contributed by atoms with van der Waals surface area (Å²) in [4.78, 5) is -0.0805. The van der Waals surface area contributed by atoms with E-state index in [1.807, 2.05) is 0 Å². The van der Waals surface area contributed by atoms with Crippen LogP contribution >= 0.6 is 0 Å². The van der Waals surface area contributed by atoms with Crippen LogP contribution in [-0.4, -0.2) is 17.2 Å². The molecular formula is C12H10NNaO4S2. The quantitative estimate of drug-likeness (QED) is 0.517. The molecule has 0 spiro atoms. The SMILES string of the molecule is O=S([O-])N(c1ccccc1)S(=O)(=O)c1ccccc1.[Na+]. The van der Waals surface area contributed by atoms with Crippen LogP contribution in [0.3, 0.4) is 0 Å². The Morgan fingerprint density at radius 1 is 0.900 bits per heavy atom. The topological polar surface area (TPSA) is 77.5 Å². The minimum absolute atomic E-state index is 0. The Bertz CT molecular complexity index is 677. The summed E-state index contributed by atoms with van der Waals surface area (Å²) in [5.74, 6) is 0. The van der Waals surface area contributed by atoms with E-state index in [4.69, 9.17) is 0 Å². The fourth-order valence-corrected chi connectivity index (χ4v) is 3.83. The van der Waals surface area contributed by atoms with Gasteiger partial charge in [0.05, 0.1) is 21.8 Å². The van der Waals surface area contributed by atoms with Crippen LogP contribution in [0.2, 0.25) is 0 Å². The summed E-state index contributed by atoms with van der Waals surface area (Å²) in [7, 11) is -4.13. The first-order valence-electron chi connectivity index (χ1n) is 5.28. The Labute approximate surface area is 142 Å². The molecule has 2 aromatic carbocycles. The first kappa shape index (κ1) is 17.4. The molecule has 0 heterocycles. The average molecular weight is 319 g/mol. The van der Waals surface area contributed by atoms with Gasteiger partial charge in [-0.25, -0.2) is 8.42 Å². The minimum atomic E-state index is -4.13. The first-order valence-corrected chi connectivity index (χ1v) is 7.75. The van der Waals surface area contributed by atoms with Crippen LogP contribution in [0.4, 0.5) is 5.69 Å². The van der Waals surface area contributed by atoms with Crippen LogP contribution in [0.15, 0.2) is 65.6 Å². The number of rotatable bonds is 4. The Kier molecular flexibility index (Phi) is 6.38. The van der Waals surface area contributed by atoms with Gasteiger partial charge in [-0.3, -0.25) is 4.21 Å². The molecule has 2 rings (SSSR count). The zero-order valence-corrected chi connectivity index (χ0v) is 14.3. The maximum atomic E-state index is 12.3. The third-order valence-corrected chi connectivity index (χ3v) is 5.31. The van der Waals surface area contributed by atoms with E-state index in [0.717, 1.165) is 0 Å². The largest absolute Gasteiger partial charge is 1.00 e. The molecule has 0 aliphatic rings. The molecule has 8 heteroatoms. The van der Waals surface area contributed by atoms with Crippen molar-refractivity contribution in [3.8, 4) is 0 Å². The summed E-state index contributed by atoms with van der Waals surface area (Å²) in [6.45, 7) is 0. The third-order valence-electron chi connectivity index (χ3n) is 2.36. The second-order valence-corrected chi connectivity index (χ2v) is 6.42. The van der Waals surface area contributed by atoms with Crippen LogP contribution in [0, 0.1) is 0 Å². The molecule has 5 nitrogen and oxygen atoms in total. The normalized spacial score (nSPS) is 12.2. The molecule has 0 fully saturated rings. The van der Waals surface area contributed by atoms with Crippen molar-refractivity contribution in [1.29, 1.82) is 0 Å². The van der Waals surface area contributed by atoms with Gasteiger partial charge in [-0.15, -0.1) is 0 Å². The molecule has 0 bridgehead atoms. The van der Waals surface area contributed by atoms with Gasteiger partial charge < -0.3 is 4.55 Å². The molecule has 0 N–H and O–H groups in total. The molecule has 0 aliphatic heterocycles. The first-order chi connectivity index (χ1) is 9.03. The molecule has 20 heavy (non-hydrogen) atoms. The standard InChI is InChI=1S/C12H11NO4S2.Na/c14-18(15)13(11-7-3-1-4-8-11)19(16,17)12-9-5-2-6-10-12;/h1-10H,(H,14,15);/q;+1/p-1. The summed E-state index contributed by atoms with van der Waals surface area (Å²) in [5.41, 5.74) is 0.0692. The molecular weight excluding hydrogens is 309 g/mol. The molecule has 1 unspecified atom stereocenters. The number of anilines is 1. The summed E-state index contributed by atoms with van der Waals surface area (Å²) in [6, 6.07) is 15.0. The van der Waals surface area contributed by atoms with Crippen LogP contribution < -0.4 is 33.3 Å². The van der Waals surface area contributed by atoms with Gasteiger partial charge in [0.2, 0.25) is 0 Å². The van der Waals surface area contributed by atoms with E-state index in [9.17, 15) is 17.2 Å². The minimum Gasteiger partial charge on any atom is -0.754 e.